The quantitative estimate of drug-likeness (QED) is 0.693. The molecule has 0 spiro atoms. The minimum atomic E-state index is 0.247. The Morgan fingerprint density at radius 2 is 1.92 bits per heavy atom. The van der Waals surface area contributed by atoms with Crippen molar-refractivity contribution in [2.45, 2.75) is 0 Å². The minimum Gasteiger partial charge on any atom is -0.507 e. The highest BCUT2D eigenvalue weighted by Gasteiger charge is 2.02. The predicted molar refractivity (Wildman–Crippen MR) is 57.7 cm³/mol. The summed E-state index contributed by atoms with van der Waals surface area (Å²) in [7, 11) is 0. The van der Waals surface area contributed by atoms with Crippen LogP contribution in [0.1, 0.15) is 0 Å². The lowest BCUT2D eigenvalue weighted by molar-refractivity contribution is 0.473. The molecule has 0 radical (unpaired) electrons. The highest BCUT2D eigenvalue weighted by molar-refractivity contribution is 9.10. The van der Waals surface area contributed by atoms with Gasteiger partial charge in [0.2, 0.25) is 0 Å². The van der Waals surface area contributed by atoms with Gasteiger partial charge in [0.15, 0.2) is 0 Å². The number of aromatic hydroxyl groups is 1. The molecular weight excluding hydrogens is 230 g/mol. The second-order valence-electron chi connectivity index (χ2n) is 2.88. The van der Waals surface area contributed by atoms with Crippen LogP contribution >= 0.6 is 15.9 Å². The van der Waals surface area contributed by atoms with Crippen molar-refractivity contribution in [2.75, 3.05) is 5.73 Å². The number of phenolic OH excluding ortho intramolecular Hbond substituents is 1. The minimum absolute atomic E-state index is 0.247. The lowest BCUT2D eigenvalue weighted by atomic mass is 10.1. The first-order valence-electron chi connectivity index (χ1n) is 3.85. The molecule has 0 unspecified atom stereocenters. The van der Waals surface area contributed by atoms with Gasteiger partial charge in [-0.3, -0.25) is 0 Å². The van der Waals surface area contributed by atoms with Gasteiger partial charge in [-0.1, -0.05) is 12.1 Å². The standard InChI is InChI=1S/C10H8BrNO/c11-10-8-3-2-7(12)5-6(8)1-4-9(10)13/h1-5,13H,12H2. The molecule has 0 heterocycles. The Labute approximate surface area is 84.1 Å². The molecule has 13 heavy (non-hydrogen) atoms. The fourth-order valence-electron chi connectivity index (χ4n) is 1.30. The van der Waals surface area contributed by atoms with Crippen molar-refractivity contribution in [1.29, 1.82) is 0 Å². The summed E-state index contributed by atoms with van der Waals surface area (Å²) in [4.78, 5) is 0. The van der Waals surface area contributed by atoms with Gasteiger partial charge in [-0.25, -0.2) is 0 Å². The monoisotopic (exact) mass is 237 g/mol. The maximum Gasteiger partial charge on any atom is 0.130 e. The number of rotatable bonds is 0. The van der Waals surface area contributed by atoms with Crippen molar-refractivity contribution >= 4 is 32.4 Å². The molecule has 66 valence electrons. The third-order valence-electron chi connectivity index (χ3n) is 1.96. The molecule has 0 saturated heterocycles. The zero-order chi connectivity index (χ0) is 9.42. The summed E-state index contributed by atoms with van der Waals surface area (Å²) < 4.78 is 0.713. The van der Waals surface area contributed by atoms with Gasteiger partial charge in [0.05, 0.1) is 4.47 Å². The van der Waals surface area contributed by atoms with Crippen molar-refractivity contribution in [2.24, 2.45) is 0 Å². The van der Waals surface area contributed by atoms with Gasteiger partial charge in [0.1, 0.15) is 5.75 Å². The summed E-state index contributed by atoms with van der Waals surface area (Å²) in [5.74, 6) is 0.247. The van der Waals surface area contributed by atoms with Crippen LogP contribution in [0.4, 0.5) is 5.69 Å². The number of hydrogen-bond acceptors (Lipinski definition) is 2. The van der Waals surface area contributed by atoms with Crippen LogP contribution in [0.2, 0.25) is 0 Å². The van der Waals surface area contributed by atoms with Crippen LogP contribution in [0.25, 0.3) is 10.8 Å². The molecule has 3 heteroatoms. The molecule has 0 atom stereocenters. The second kappa shape index (κ2) is 2.92. The van der Waals surface area contributed by atoms with E-state index in [1.54, 1.807) is 6.07 Å². The van der Waals surface area contributed by atoms with Gasteiger partial charge in [-0.05, 0) is 44.9 Å². The van der Waals surface area contributed by atoms with Gasteiger partial charge in [-0.15, -0.1) is 0 Å². The number of nitrogens with two attached hydrogens (primary N) is 1. The lowest BCUT2D eigenvalue weighted by Crippen LogP contribution is -1.84. The molecule has 0 aliphatic rings. The Kier molecular flexibility index (Phi) is 1.88. The average Bonchev–Trinajstić information content (AvgIpc) is 2.12. The Morgan fingerprint density at radius 1 is 1.15 bits per heavy atom. The van der Waals surface area contributed by atoms with Crippen LogP contribution in [-0.4, -0.2) is 5.11 Å². The molecule has 0 aliphatic carbocycles. The van der Waals surface area contributed by atoms with Crippen molar-refractivity contribution in [3.63, 3.8) is 0 Å². The number of phenols is 1. The number of halogens is 1. The SMILES string of the molecule is Nc1ccc2c(Br)c(O)ccc2c1. The predicted octanol–water partition coefficient (Wildman–Crippen LogP) is 2.89. The number of hydrogen-bond donors (Lipinski definition) is 2. The van der Waals surface area contributed by atoms with Gasteiger partial charge in [0, 0.05) is 5.69 Å². The van der Waals surface area contributed by atoms with E-state index < -0.39 is 0 Å². The number of fused-ring (bicyclic) bond motifs is 1. The fraction of sp³-hybridized carbons (Fsp3) is 0. The van der Waals surface area contributed by atoms with Gasteiger partial charge < -0.3 is 10.8 Å². The molecule has 3 N–H and O–H groups in total. The van der Waals surface area contributed by atoms with Gasteiger partial charge in [0.25, 0.3) is 0 Å². The molecule has 2 aromatic carbocycles. The van der Waals surface area contributed by atoms with Crippen molar-refractivity contribution in [3.05, 3.63) is 34.8 Å². The van der Waals surface area contributed by atoms with E-state index in [0.717, 1.165) is 16.5 Å². The Hall–Kier alpha value is -1.22. The Morgan fingerprint density at radius 3 is 2.69 bits per heavy atom. The summed E-state index contributed by atoms with van der Waals surface area (Å²) in [5.41, 5.74) is 6.36. The van der Waals surface area contributed by atoms with E-state index in [2.05, 4.69) is 15.9 Å². The summed E-state index contributed by atoms with van der Waals surface area (Å²) in [6.45, 7) is 0. The number of anilines is 1. The Balaban J connectivity index is 2.87. The zero-order valence-corrected chi connectivity index (χ0v) is 8.38. The van der Waals surface area contributed by atoms with Crippen molar-refractivity contribution in [1.82, 2.24) is 0 Å². The number of nitrogen functional groups attached to an aromatic ring is 1. The molecule has 2 nitrogen and oxygen atoms in total. The van der Waals surface area contributed by atoms with Crippen molar-refractivity contribution < 1.29 is 5.11 Å². The molecule has 0 bridgehead atoms. The summed E-state index contributed by atoms with van der Waals surface area (Å²) >= 11 is 3.31. The topological polar surface area (TPSA) is 46.2 Å². The molecule has 0 aliphatic heterocycles. The fourth-order valence-corrected chi connectivity index (χ4v) is 1.79. The largest absolute Gasteiger partial charge is 0.507 e. The first-order chi connectivity index (χ1) is 6.18. The van der Waals surface area contributed by atoms with Crippen LogP contribution in [0, 0.1) is 0 Å². The van der Waals surface area contributed by atoms with Crippen LogP contribution in [0.5, 0.6) is 5.75 Å². The molecule has 0 amide bonds. The molecule has 0 aromatic heterocycles. The normalized spacial score (nSPS) is 10.5. The second-order valence-corrected chi connectivity index (χ2v) is 3.67. The van der Waals surface area contributed by atoms with E-state index in [0.29, 0.717) is 4.47 Å². The van der Waals surface area contributed by atoms with E-state index in [9.17, 15) is 5.11 Å². The van der Waals surface area contributed by atoms with E-state index in [1.807, 2.05) is 24.3 Å². The maximum atomic E-state index is 9.41. The summed E-state index contributed by atoms with van der Waals surface area (Å²) in [5, 5.41) is 11.4. The highest BCUT2D eigenvalue weighted by atomic mass is 79.9. The maximum absolute atomic E-state index is 9.41. The highest BCUT2D eigenvalue weighted by Crippen LogP contribution is 2.32. The van der Waals surface area contributed by atoms with Crippen molar-refractivity contribution in [3.8, 4) is 5.75 Å². The van der Waals surface area contributed by atoms with Gasteiger partial charge >= 0.3 is 0 Å². The summed E-state index contributed by atoms with van der Waals surface area (Å²) in [6.07, 6.45) is 0. The van der Waals surface area contributed by atoms with E-state index in [4.69, 9.17) is 5.73 Å². The van der Waals surface area contributed by atoms with E-state index >= 15 is 0 Å². The Bertz CT molecular complexity index is 468. The van der Waals surface area contributed by atoms with Crippen LogP contribution in [-0.2, 0) is 0 Å². The summed E-state index contributed by atoms with van der Waals surface area (Å²) in [6, 6.07) is 9.05. The molecular formula is C10H8BrNO. The average molecular weight is 238 g/mol. The van der Waals surface area contributed by atoms with Crippen LogP contribution in [0.15, 0.2) is 34.8 Å². The zero-order valence-electron chi connectivity index (χ0n) is 6.79. The molecule has 2 rings (SSSR count). The first kappa shape index (κ1) is 8.38. The van der Waals surface area contributed by atoms with E-state index in [1.165, 1.54) is 0 Å². The smallest absolute Gasteiger partial charge is 0.130 e. The third-order valence-corrected chi connectivity index (χ3v) is 2.79. The van der Waals surface area contributed by atoms with Gasteiger partial charge in [-0.2, -0.15) is 0 Å². The molecule has 0 fully saturated rings. The lowest BCUT2D eigenvalue weighted by Gasteiger charge is -2.03. The molecule has 0 saturated carbocycles. The van der Waals surface area contributed by atoms with E-state index in [-0.39, 0.29) is 5.75 Å². The third kappa shape index (κ3) is 1.35. The number of benzene rings is 2. The van der Waals surface area contributed by atoms with Crippen LogP contribution in [0.3, 0.4) is 0 Å². The first-order valence-corrected chi connectivity index (χ1v) is 4.64. The van der Waals surface area contributed by atoms with Crippen LogP contribution < -0.4 is 5.73 Å². The molecule has 2 aromatic rings.